The maximum absolute atomic E-state index is 12.2. The molecule has 0 aliphatic carbocycles. The molecule has 3 heterocycles. The fourth-order valence-corrected chi connectivity index (χ4v) is 3.35. The summed E-state index contributed by atoms with van der Waals surface area (Å²) in [6, 6.07) is 7.49. The van der Waals surface area contributed by atoms with Crippen molar-refractivity contribution in [3.05, 3.63) is 36.0 Å². The lowest BCUT2D eigenvalue weighted by Crippen LogP contribution is -2.37. The fraction of sp³-hybridized carbons (Fsp3) is 0.450. The molecular weight excluding hydrogens is 360 g/mol. The van der Waals surface area contributed by atoms with Gasteiger partial charge in [0.1, 0.15) is 25.6 Å². The number of benzene rings is 1. The fourth-order valence-electron chi connectivity index (χ4n) is 3.35. The van der Waals surface area contributed by atoms with Crippen LogP contribution in [-0.4, -0.2) is 41.9 Å². The molecule has 0 bridgehead atoms. The average Bonchev–Trinajstić information content (AvgIpc) is 3.09. The summed E-state index contributed by atoms with van der Waals surface area (Å²) >= 11 is 0. The van der Waals surface area contributed by atoms with Gasteiger partial charge in [0, 0.05) is 6.20 Å². The zero-order chi connectivity index (χ0) is 19.7. The summed E-state index contributed by atoms with van der Waals surface area (Å²) in [6.07, 6.45) is 1.27. The molecule has 2 atom stereocenters. The summed E-state index contributed by atoms with van der Waals surface area (Å²) in [4.78, 5) is 22.6. The van der Waals surface area contributed by atoms with E-state index in [2.05, 4.69) is 29.1 Å². The summed E-state index contributed by atoms with van der Waals surface area (Å²) in [5.74, 6) is 2.74. The van der Waals surface area contributed by atoms with Crippen molar-refractivity contribution in [3.63, 3.8) is 0 Å². The molecule has 1 aromatic carbocycles. The van der Waals surface area contributed by atoms with Crippen molar-refractivity contribution in [1.82, 2.24) is 9.97 Å². The van der Waals surface area contributed by atoms with E-state index < -0.39 is 0 Å². The number of ether oxygens (including phenoxy) is 3. The molecule has 2 aliphatic heterocycles. The van der Waals surface area contributed by atoms with Gasteiger partial charge >= 0.3 is 6.09 Å². The van der Waals surface area contributed by atoms with E-state index in [1.165, 1.54) is 0 Å². The number of aromatic nitrogens is 2. The molecule has 0 spiro atoms. The summed E-state index contributed by atoms with van der Waals surface area (Å²) in [7, 11) is 0. The topological polar surface area (TPSA) is 85.8 Å². The van der Waals surface area contributed by atoms with Crippen molar-refractivity contribution in [2.45, 2.75) is 32.9 Å². The van der Waals surface area contributed by atoms with Crippen molar-refractivity contribution < 1.29 is 19.0 Å². The Bertz CT molecular complexity index is 873. The van der Waals surface area contributed by atoms with Crippen LogP contribution in [0.4, 0.5) is 16.6 Å². The molecule has 148 valence electrons. The molecule has 1 amide bonds. The van der Waals surface area contributed by atoms with Crippen LogP contribution in [0.15, 0.2) is 30.5 Å². The molecule has 2 aliphatic rings. The quantitative estimate of drug-likeness (QED) is 0.845. The van der Waals surface area contributed by atoms with Crippen molar-refractivity contribution in [2.75, 3.05) is 30.0 Å². The highest BCUT2D eigenvalue weighted by Gasteiger charge is 2.37. The molecule has 0 radical (unpaired) electrons. The summed E-state index contributed by atoms with van der Waals surface area (Å²) in [5, 5.41) is 3.29. The number of nitrogens with zero attached hydrogens (tertiary/aromatic N) is 3. The number of hydrogen-bond acceptors (Lipinski definition) is 7. The van der Waals surface area contributed by atoms with Crippen LogP contribution >= 0.6 is 0 Å². The van der Waals surface area contributed by atoms with Crippen molar-refractivity contribution in [2.24, 2.45) is 5.92 Å². The number of anilines is 2. The molecule has 28 heavy (non-hydrogen) atoms. The number of fused-ring (bicyclic) bond motifs is 1. The Morgan fingerprint density at radius 1 is 1.11 bits per heavy atom. The van der Waals surface area contributed by atoms with Gasteiger partial charge in [0.25, 0.3) is 0 Å². The SMILES string of the molecule is CC(C)C1COC(=O)N1c1ccnc(N[C@H](C)c2ccc3c(c2)OCCO3)n1. The maximum Gasteiger partial charge on any atom is 0.415 e. The van der Waals surface area contributed by atoms with Gasteiger partial charge in [-0.15, -0.1) is 0 Å². The second kappa shape index (κ2) is 7.53. The average molecular weight is 384 g/mol. The maximum atomic E-state index is 12.2. The first-order valence-corrected chi connectivity index (χ1v) is 9.48. The van der Waals surface area contributed by atoms with Crippen LogP contribution in [0.3, 0.4) is 0 Å². The highest BCUT2D eigenvalue weighted by Crippen LogP contribution is 2.33. The third-order valence-corrected chi connectivity index (χ3v) is 4.97. The molecule has 1 unspecified atom stereocenters. The second-order valence-electron chi connectivity index (χ2n) is 7.27. The number of amides is 1. The molecule has 4 rings (SSSR count). The van der Waals surface area contributed by atoms with Gasteiger partial charge in [-0.3, -0.25) is 4.90 Å². The minimum atomic E-state index is -0.372. The molecule has 1 fully saturated rings. The van der Waals surface area contributed by atoms with Gasteiger partial charge in [-0.05, 0) is 36.6 Å². The molecule has 8 nitrogen and oxygen atoms in total. The Morgan fingerprint density at radius 3 is 2.68 bits per heavy atom. The first-order chi connectivity index (χ1) is 13.5. The monoisotopic (exact) mass is 384 g/mol. The number of hydrogen-bond donors (Lipinski definition) is 1. The predicted octanol–water partition coefficient (Wildman–Crippen LogP) is 3.40. The first-order valence-electron chi connectivity index (χ1n) is 9.48. The van der Waals surface area contributed by atoms with Gasteiger partial charge in [0.2, 0.25) is 5.95 Å². The van der Waals surface area contributed by atoms with Gasteiger partial charge < -0.3 is 19.5 Å². The largest absolute Gasteiger partial charge is 0.486 e. The number of cyclic esters (lactones) is 1. The minimum Gasteiger partial charge on any atom is -0.486 e. The Morgan fingerprint density at radius 2 is 1.89 bits per heavy atom. The first kappa shape index (κ1) is 18.3. The van der Waals surface area contributed by atoms with E-state index >= 15 is 0 Å². The van der Waals surface area contributed by atoms with E-state index in [0.29, 0.717) is 31.6 Å². The normalized spacial score (nSPS) is 19.5. The van der Waals surface area contributed by atoms with Crippen LogP contribution in [0.2, 0.25) is 0 Å². The van der Waals surface area contributed by atoms with Crippen molar-refractivity contribution >= 4 is 17.9 Å². The van der Waals surface area contributed by atoms with Crippen LogP contribution in [0, 0.1) is 5.92 Å². The van der Waals surface area contributed by atoms with Gasteiger partial charge in [-0.25, -0.2) is 9.78 Å². The lowest BCUT2D eigenvalue weighted by Gasteiger charge is -2.24. The Kier molecular flexibility index (Phi) is 4.93. The zero-order valence-corrected chi connectivity index (χ0v) is 16.2. The Balaban J connectivity index is 1.52. The highest BCUT2D eigenvalue weighted by atomic mass is 16.6. The van der Waals surface area contributed by atoms with Crippen LogP contribution in [0.1, 0.15) is 32.4 Å². The predicted molar refractivity (Wildman–Crippen MR) is 104 cm³/mol. The van der Waals surface area contributed by atoms with Crippen LogP contribution < -0.4 is 19.7 Å². The van der Waals surface area contributed by atoms with Crippen LogP contribution in [-0.2, 0) is 4.74 Å². The van der Waals surface area contributed by atoms with E-state index in [-0.39, 0.29) is 24.1 Å². The van der Waals surface area contributed by atoms with Crippen LogP contribution in [0.25, 0.3) is 0 Å². The minimum absolute atomic E-state index is 0.0366. The van der Waals surface area contributed by atoms with E-state index in [0.717, 1.165) is 17.1 Å². The van der Waals surface area contributed by atoms with Gasteiger partial charge in [0.15, 0.2) is 11.5 Å². The number of rotatable bonds is 5. The number of carbonyl (C=O) groups excluding carboxylic acids is 1. The molecule has 1 aromatic heterocycles. The Hall–Kier alpha value is -3.03. The summed E-state index contributed by atoms with van der Waals surface area (Å²) < 4.78 is 16.4. The second-order valence-corrected chi connectivity index (χ2v) is 7.27. The third kappa shape index (κ3) is 3.54. The standard InChI is InChI=1S/C20H24N4O4/c1-12(2)15-11-28-20(25)24(15)18-6-7-21-19(23-18)22-13(3)14-4-5-16-17(10-14)27-9-8-26-16/h4-7,10,12-13,15H,8-9,11H2,1-3H3,(H,21,22,23)/t13-,15?/m1/s1. The lowest BCUT2D eigenvalue weighted by molar-refractivity contribution is 0.171. The zero-order valence-electron chi connectivity index (χ0n) is 16.2. The van der Waals surface area contributed by atoms with Crippen molar-refractivity contribution in [3.8, 4) is 11.5 Å². The van der Waals surface area contributed by atoms with Gasteiger partial charge in [-0.2, -0.15) is 4.98 Å². The molecule has 1 saturated heterocycles. The third-order valence-electron chi connectivity index (χ3n) is 4.97. The van der Waals surface area contributed by atoms with E-state index in [4.69, 9.17) is 14.2 Å². The number of nitrogens with one attached hydrogen (secondary N) is 1. The van der Waals surface area contributed by atoms with Gasteiger partial charge in [0.05, 0.1) is 12.1 Å². The molecular formula is C20H24N4O4. The Labute approximate surface area is 163 Å². The van der Waals surface area contributed by atoms with Crippen molar-refractivity contribution in [1.29, 1.82) is 0 Å². The molecule has 8 heteroatoms. The summed E-state index contributed by atoms with van der Waals surface area (Å²) in [5.41, 5.74) is 1.03. The van der Waals surface area contributed by atoms with E-state index in [1.807, 2.05) is 25.1 Å². The molecule has 1 N–H and O–H groups in total. The highest BCUT2D eigenvalue weighted by molar-refractivity contribution is 5.89. The lowest BCUT2D eigenvalue weighted by atomic mass is 10.0. The summed E-state index contributed by atoms with van der Waals surface area (Å²) in [6.45, 7) is 7.62. The van der Waals surface area contributed by atoms with E-state index in [1.54, 1.807) is 17.2 Å². The van der Waals surface area contributed by atoms with E-state index in [9.17, 15) is 4.79 Å². The molecule has 2 aromatic rings. The number of carbonyl (C=O) groups is 1. The smallest absolute Gasteiger partial charge is 0.415 e. The van der Waals surface area contributed by atoms with Gasteiger partial charge in [-0.1, -0.05) is 19.9 Å². The molecule has 0 saturated carbocycles. The van der Waals surface area contributed by atoms with Crippen LogP contribution in [0.5, 0.6) is 11.5 Å².